The molecule has 0 heterocycles. The Morgan fingerprint density at radius 1 is 1.29 bits per heavy atom. The minimum absolute atomic E-state index is 0.0738. The van der Waals surface area contributed by atoms with E-state index in [1.54, 1.807) is 19.0 Å². The van der Waals surface area contributed by atoms with E-state index in [9.17, 15) is 4.79 Å². The SMILES string of the molecule is CN(C)C(=O)C1(C(N)=S)CCCCC1. The summed E-state index contributed by atoms with van der Waals surface area (Å²) in [5.74, 6) is 0.0738. The Morgan fingerprint density at radius 3 is 2.14 bits per heavy atom. The van der Waals surface area contributed by atoms with Gasteiger partial charge in [-0.05, 0) is 12.8 Å². The summed E-state index contributed by atoms with van der Waals surface area (Å²) >= 11 is 5.05. The summed E-state index contributed by atoms with van der Waals surface area (Å²) in [7, 11) is 3.52. The van der Waals surface area contributed by atoms with Gasteiger partial charge in [0.2, 0.25) is 5.91 Å². The second-order valence-corrected chi connectivity index (χ2v) is 4.65. The van der Waals surface area contributed by atoms with Crippen LogP contribution in [0.15, 0.2) is 0 Å². The second kappa shape index (κ2) is 4.26. The topological polar surface area (TPSA) is 46.3 Å². The normalized spacial score (nSPS) is 20.1. The predicted molar refractivity (Wildman–Crippen MR) is 61.0 cm³/mol. The summed E-state index contributed by atoms with van der Waals surface area (Å²) in [6.45, 7) is 0. The van der Waals surface area contributed by atoms with Crippen molar-refractivity contribution >= 4 is 23.1 Å². The molecule has 0 saturated heterocycles. The van der Waals surface area contributed by atoms with Gasteiger partial charge < -0.3 is 10.6 Å². The Balaban J connectivity index is 2.91. The smallest absolute Gasteiger partial charge is 0.235 e. The maximum Gasteiger partial charge on any atom is 0.235 e. The molecular weight excluding hydrogens is 196 g/mol. The monoisotopic (exact) mass is 214 g/mol. The van der Waals surface area contributed by atoms with Crippen LogP contribution in [0, 0.1) is 5.41 Å². The van der Waals surface area contributed by atoms with Crippen LogP contribution in [0.3, 0.4) is 0 Å². The van der Waals surface area contributed by atoms with E-state index in [4.69, 9.17) is 18.0 Å². The van der Waals surface area contributed by atoms with Crippen LogP contribution >= 0.6 is 12.2 Å². The maximum absolute atomic E-state index is 12.0. The lowest BCUT2D eigenvalue weighted by atomic mass is 9.73. The van der Waals surface area contributed by atoms with Crippen LogP contribution in [0.1, 0.15) is 32.1 Å². The lowest BCUT2D eigenvalue weighted by Crippen LogP contribution is -2.49. The molecule has 1 fully saturated rings. The molecule has 1 aliphatic rings. The van der Waals surface area contributed by atoms with Crippen molar-refractivity contribution in [2.24, 2.45) is 11.1 Å². The van der Waals surface area contributed by atoms with Gasteiger partial charge in [-0.3, -0.25) is 4.79 Å². The number of thiocarbonyl (C=S) groups is 1. The van der Waals surface area contributed by atoms with Crippen LogP contribution in [0.2, 0.25) is 0 Å². The highest BCUT2D eigenvalue weighted by Crippen LogP contribution is 2.37. The van der Waals surface area contributed by atoms with Gasteiger partial charge in [-0.25, -0.2) is 0 Å². The van der Waals surface area contributed by atoms with Crippen LogP contribution in [-0.2, 0) is 4.79 Å². The first-order chi connectivity index (χ1) is 6.50. The van der Waals surface area contributed by atoms with E-state index in [2.05, 4.69) is 0 Å². The number of nitrogens with two attached hydrogens (primary N) is 1. The van der Waals surface area contributed by atoms with Crippen molar-refractivity contribution in [2.45, 2.75) is 32.1 Å². The fraction of sp³-hybridized carbons (Fsp3) is 0.800. The number of rotatable bonds is 2. The van der Waals surface area contributed by atoms with Gasteiger partial charge in [0.1, 0.15) is 0 Å². The number of amides is 1. The van der Waals surface area contributed by atoms with Crippen LogP contribution in [-0.4, -0.2) is 29.9 Å². The molecule has 3 nitrogen and oxygen atoms in total. The molecule has 0 bridgehead atoms. The van der Waals surface area contributed by atoms with Gasteiger partial charge in [0.15, 0.2) is 0 Å². The Bertz CT molecular complexity index is 245. The summed E-state index contributed by atoms with van der Waals surface area (Å²) < 4.78 is 0. The first-order valence-electron chi connectivity index (χ1n) is 5.02. The molecule has 80 valence electrons. The Labute approximate surface area is 90.6 Å². The largest absolute Gasteiger partial charge is 0.392 e. The molecule has 14 heavy (non-hydrogen) atoms. The van der Waals surface area contributed by atoms with Gasteiger partial charge in [0.25, 0.3) is 0 Å². The minimum atomic E-state index is -0.545. The summed E-state index contributed by atoms with van der Waals surface area (Å²) in [6, 6.07) is 0. The summed E-state index contributed by atoms with van der Waals surface area (Å²) in [5, 5.41) is 0. The second-order valence-electron chi connectivity index (χ2n) is 4.21. The first kappa shape index (κ1) is 11.4. The fourth-order valence-corrected chi connectivity index (χ4v) is 2.44. The van der Waals surface area contributed by atoms with Gasteiger partial charge >= 0.3 is 0 Å². The zero-order chi connectivity index (χ0) is 10.8. The van der Waals surface area contributed by atoms with Crippen molar-refractivity contribution in [3.05, 3.63) is 0 Å². The third-order valence-electron chi connectivity index (χ3n) is 2.99. The molecule has 1 saturated carbocycles. The number of carbonyl (C=O) groups excluding carboxylic acids is 1. The highest BCUT2D eigenvalue weighted by molar-refractivity contribution is 7.80. The van der Waals surface area contributed by atoms with Gasteiger partial charge in [0.05, 0.1) is 10.4 Å². The van der Waals surface area contributed by atoms with E-state index in [-0.39, 0.29) is 5.91 Å². The number of hydrogen-bond donors (Lipinski definition) is 1. The molecule has 1 amide bonds. The molecule has 1 rings (SSSR count). The Hall–Kier alpha value is -0.640. The molecule has 0 aromatic rings. The van der Waals surface area contributed by atoms with E-state index in [0.29, 0.717) is 4.99 Å². The zero-order valence-electron chi connectivity index (χ0n) is 8.88. The third kappa shape index (κ3) is 1.90. The van der Waals surface area contributed by atoms with Crippen LogP contribution in [0.4, 0.5) is 0 Å². The fourth-order valence-electron chi connectivity index (χ4n) is 2.15. The number of nitrogens with zero attached hydrogens (tertiary/aromatic N) is 1. The third-order valence-corrected chi connectivity index (χ3v) is 3.39. The quantitative estimate of drug-likeness (QED) is 0.705. The average molecular weight is 214 g/mol. The Kier molecular flexibility index (Phi) is 3.48. The molecule has 0 aromatic heterocycles. The predicted octanol–water partition coefficient (Wildman–Crippen LogP) is 1.31. The first-order valence-corrected chi connectivity index (χ1v) is 5.43. The highest BCUT2D eigenvalue weighted by Gasteiger charge is 2.43. The number of carbonyl (C=O) groups is 1. The van der Waals surface area contributed by atoms with Crippen LogP contribution in [0.25, 0.3) is 0 Å². The lowest BCUT2D eigenvalue weighted by Gasteiger charge is -2.36. The van der Waals surface area contributed by atoms with Crippen LogP contribution in [0.5, 0.6) is 0 Å². The van der Waals surface area contributed by atoms with Gasteiger partial charge in [-0.2, -0.15) is 0 Å². The molecule has 4 heteroatoms. The minimum Gasteiger partial charge on any atom is -0.392 e. The van der Waals surface area contributed by atoms with E-state index >= 15 is 0 Å². The number of hydrogen-bond acceptors (Lipinski definition) is 2. The van der Waals surface area contributed by atoms with Gasteiger partial charge in [-0.15, -0.1) is 0 Å². The molecule has 1 aliphatic carbocycles. The van der Waals surface area contributed by atoms with Gasteiger partial charge in [-0.1, -0.05) is 31.5 Å². The summed E-state index contributed by atoms with van der Waals surface area (Å²) in [4.78, 5) is 14.0. The van der Waals surface area contributed by atoms with Crippen molar-refractivity contribution in [1.29, 1.82) is 0 Å². The van der Waals surface area contributed by atoms with Crippen LogP contribution < -0.4 is 5.73 Å². The molecule has 0 aromatic carbocycles. The standard InChI is InChI=1S/C10H18N2OS/c1-12(2)9(13)10(8(11)14)6-4-3-5-7-10/h3-7H2,1-2H3,(H2,11,14). The summed E-state index contributed by atoms with van der Waals surface area (Å²) in [6.07, 6.45) is 4.93. The highest BCUT2D eigenvalue weighted by atomic mass is 32.1. The van der Waals surface area contributed by atoms with E-state index < -0.39 is 5.41 Å². The molecule has 0 atom stereocenters. The average Bonchev–Trinajstić information content (AvgIpc) is 2.17. The van der Waals surface area contributed by atoms with Crippen molar-refractivity contribution < 1.29 is 4.79 Å². The van der Waals surface area contributed by atoms with Crippen molar-refractivity contribution in [3.8, 4) is 0 Å². The maximum atomic E-state index is 12.0. The van der Waals surface area contributed by atoms with E-state index in [1.807, 2.05) is 0 Å². The lowest BCUT2D eigenvalue weighted by molar-refractivity contribution is -0.137. The van der Waals surface area contributed by atoms with E-state index in [0.717, 1.165) is 25.7 Å². The Morgan fingerprint density at radius 2 is 1.79 bits per heavy atom. The molecule has 0 aliphatic heterocycles. The van der Waals surface area contributed by atoms with Crippen molar-refractivity contribution in [3.63, 3.8) is 0 Å². The molecule has 0 radical (unpaired) electrons. The van der Waals surface area contributed by atoms with Crippen molar-refractivity contribution in [2.75, 3.05) is 14.1 Å². The van der Waals surface area contributed by atoms with Crippen molar-refractivity contribution in [1.82, 2.24) is 4.90 Å². The van der Waals surface area contributed by atoms with Gasteiger partial charge in [0, 0.05) is 14.1 Å². The zero-order valence-corrected chi connectivity index (χ0v) is 9.69. The summed E-state index contributed by atoms with van der Waals surface area (Å²) in [5.41, 5.74) is 5.18. The molecular formula is C10H18N2OS. The molecule has 0 unspecified atom stereocenters. The van der Waals surface area contributed by atoms with E-state index in [1.165, 1.54) is 6.42 Å². The molecule has 2 N–H and O–H groups in total. The molecule has 0 spiro atoms.